The third-order valence-corrected chi connectivity index (χ3v) is 2.25. The Morgan fingerprint density at radius 2 is 2.26 bits per heavy atom. The quantitative estimate of drug-likeness (QED) is 0.677. The van der Waals surface area contributed by atoms with Crippen LogP contribution in [0.5, 0.6) is 11.8 Å². The summed E-state index contributed by atoms with van der Waals surface area (Å²) in [7, 11) is 0. The third kappa shape index (κ3) is 2.80. The number of oxazole rings is 1. The minimum atomic E-state index is -1.30. The maximum Gasteiger partial charge on any atom is 0.400 e. The first-order chi connectivity index (χ1) is 8.97. The van der Waals surface area contributed by atoms with Crippen LogP contribution in [0.4, 0.5) is 5.69 Å². The zero-order chi connectivity index (χ0) is 14.0. The molecule has 0 bridgehead atoms. The van der Waals surface area contributed by atoms with Crippen LogP contribution in [0.1, 0.15) is 10.5 Å². The lowest BCUT2D eigenvalue weighted by Crippen LogP contribution is -1.97. The Hall–Kier alpha value is -2.61. The Morgan fingerprint density at radius 1 is 1.53 bits per heavy atom. The van der Waals surface area contributed by atoms with Gasteiger partial charge < -0.3 is 14.3 Å². The highest BCUT2D eigenvalue weighted by Crippen LogP contribution is 2.33. The summed E-state index contributed by atoms with van der Waals surface area (Å²) in [6.45, 7) is 0. The van der Waals surface area contributed by atoms with Crippen molar-refractivity contribution in [3.8, 4) is 11.8 Å². The van der Waals surface area contributed by atoms with Gasteiger partial charge in [0.1, 0.15) is 6.26 Å². The molecule has 9 heteroatoms. The molecular formula is C10H5ClN2O6. The second-order valence-electron chi connectivity index (χ2n) is 3.28. The molecule has 19 heavy (non-hydrogen) atoms. The van der Waals surface area contributed by atoms with Gasteiger partial charge in [-0.15, -0.1) is 0 Å². The van der Waals surface area contributed by atoms with Crippen LogP contribution in [0, 0.1) is 10.1 Å². The number of halogens is 1. The standard InChI is InChI=1S/C10H5ClN2O6/c11-5-1-2-8(7(3-5)13(16)17)19-10-12-6(4-18-10)9(14)15/h1-4H,(H,14,15). The largest absolute Gasteiger partial charge is 0.476 e. The number of aromatic carboxylic acids is 1. The number of carboxylic acid groups (broad SMARTS) is 1. The molecule has 0 amide bonds. The zero-order valence-electron chi connectivity index (χ0n) is 9.07. The van der Waals surface area contributed by atoms with Crippen molar-refractivity contribution in [2.45, 2.75) is 0 Å². The van der Waals surface area contributed by atoms with Gasteiger partial charge >= 0.3 is 17.7 Å². The van der Waals surface area contributed by atoms with E-state index >= 15 is 0 Å². The van der Waals surface area contributed by atoms with Crippen molar-refractivity contribution in [1.29, 1.82) is 0 Å². The lowest BCUT2D eigenvalue weighted by atomic mass is 10.3. The monoisotopic (exact) mass is 284 g/mol. The fourth-order valence-electron chi connectivity index (χ4n) is 1.22. The molecule has 0 radical (unpaired) electrons. The molecule has 2 aromatic rings. The van der Waals surface area contributed by atoms with Gasteiger partial charge in [0, 0.05) is 11.1 Å². The van der Waals surface area contributed by atoms with E-state index in [-0.39, 0.29) is 22.2 Å². The van der Waals surface area contributed by atoms with Gasteiger partial charge in [0.05, 0.1) is 4.92 Å². The summed E-state index contributed by atoms with van der Waals surface area (Å²) in [5, 5.41) is 19.6. The Labute approximate surface area is 110 Å². The summed E-state index contributed by atoms with van der Waals surface area (Å²) in [5.74, 6) is -1.46. The van der Waals surface area contributed by atoms with Crippen LogP contribution in [-0.4, -0.2) is 21.0 Å². The highest BCUT2D eigenvalue weighted by molar-refractivity contribution is 6.30. The molecule has 0 aliphatic rings. The first-order valence-electron chi connectivity index (χ1n) is 4.78. The average molecular weight is 285 g/mol. The number of carboxylic acids is 1. The first-order valence-corrected chi connectivity index (χ1v) is 5.16. The van der Waals surface area contributed by atoms with E-state index in [1.54, 1.807) is 0 Å². The van der Waals surface area contributed by atoms with E-state index in [1.807, 2.05) is 0 Å². The molecule has 1 aromatic carbocycles. The van der Waals surface area contributed by atoms with E-state index < -0.39 is 17.0 Å². The molecular weight excluding hydrogens is 280 g/mol. The number of carbonyl (C=O) groups is 1. The minimum absolute atomic E-state index is 0.159. The molecule has 2 rings (SSSR count). The van der Waals surface area contributed by atoms with E-state index in [2.05, 4.69) is 4.98 Å². The van der Waals surface area contributed by atoms with Crippen LogP contribution in [0.15, 0.2) is 28.9 Å². The number of aromatic nitrogens is 1. The van der Waals surface area contributed by atoms with Gasteiger partial charge in [0.25, 0.3) is 0 Å². The highest BCUT2D eigenvalue weighted by atomic mass is 35.5. The topological polar surface area (TPSA) is 116 Å². The number of hydrogen-bond acceptors (Lipinski definition) is 6. The molecule has 0 saturated heterocycles. The van der Waals surface area contributed by atoms with Gasteiger partial charge in [-0.1, -0.05) is 11.6 Å². The maximum atomic E-state index is 10.8. The maximum absolute atomic E-state index is 10.8. The molecule has 0 atom stereocenters. The average Bonchev–Trinajstić information content (AvgIpc) is 2.80. The van der Waals surface area contributed by atoms with E-state index in [1.165, 1.54) is 12.1 Å². The van der Waals surface area contributed by atoms with Crippen LogP contribution in [0.2, 0.25) is 5.02 Å². The molecule has 0 spiro atoms. The molecule has 0 unspecified atom stereocenters. The second-order valence-corrected chi connectivity index (χ2v) is 3.71. The number of nitro benzene ring substituents is 1. The minimum Gasteiger partial charge on any atom is -0.476 e. The number of nitrogens with zero attached hydrogens (tertiary/aromatic N) is 2. The van der Waals surface area contributed by atoms with Crippen molar-refractivity contribution in [1.82, 2.24) is 4.98 Å². The van der Waals surface area contributed by atoms with Crippen LogP contribution < -0.4 is 4.74 Å². The molecule has 1 N–H and O–H groups in total. The van der Waals surface area contributed by atoms with E-state index in [0.29, 0.717) is 0 Å². The zero-order valence-corrected chi connectivity index (χ0v) is 9.83. The van der Waals surface area contributed by atoms with Crippen molar-refractivity contribution < 1.29 is 24.0 Å². The van der Waals surface area contributed by atoms with E-state index in [0.717, 1.165) is 12.3 Å². The fraction of sp³-hybridized carbons (Fsp3) is 0. The van der Waals surface area contributed by atoms with Gasteiger partial charge in [-0.05, 0) is 12.1 Å². The van der Waals surface area contributed by atoms with E-state index in [9.17, 15) is 14.9 Å². The van der Waals surface area contributed by atoms with Gasteiger partial charge in [-0.2, -0.15) is 4.98 Å². The normalized spacial score (nSPS) is 10.2. The van der Waals surface area contributed by atoms with Crippen molar-refractivity contribution in [3.63, 3.8) is 0 Å². The van der Waals surface area contributed by atoms with Crippen molar-refractivity contribution >= 4 is 23.3 Å². The summed E-state index contributed by atoms with van der Waals surface area (Å²) in [6, 6.07) is 3.73. The van der Waals surface area contributed by atoms with Crippen molar-refractivity contribution in [3.05, 3.63) is 45.3 Å². The number of hydrogen-bond donors (Lipinski definition) is 1. The molecule has 0 saturated carbocycles. The number of ether oxygens (including phenoxy) is 1. The van der Waals surface area contributed by atoms with Crippen LogP contribution in [0.3, 0.4) is 0 Å². The number of benzene rings is 1. The lowest BCUT2D eigenvalue weighted by molar-refractivity contribution is -0.385. The molecule has 0 fully saturated rings. The van der Waals surface area contributed by atoms with Crippen LogP contribution in [0.25, 0.3) is 0 Å². The Balaban J connectivity index is 2.32. The molecule has 0 aliphatic heterocycles. The SMILES string of the molecule is O=C(O)c1coc(Oc2ccc(Cl)cc2[N+](=O)[O-])n1. The van der Waals surface area contributed by atoms with Gasteiger partial charge in [0.15, 0.2) is 5.69 Å². The number of nitro groups is 1. The van der Waals surface area contributed by atoms with Crippen LogP contribution in [-0.2, 0) is 0 Å². The molecule has 98 valence electrons. The summed E-state index contributed by atoms with van der Waals surface area (Å²) in [6.07, 6.45) is 0.446. The first kappa shape index (κ1) is 12.8. The van der Waals surface area contributed by atoms with Crippen molar-refractivity contribution in [2.75, 3.05) is 0 Å². The molecule has 8 nitrogen and oxygen atoms in total. The third-order valence-electron chi connectivity index (χ3n) is 2.02. The van der Waals surface area contributed by atoms with Crippen molar-refractivity contribution in [2.24, 2.45) is 0 Å². The lowest BCUT2D eigenvalue weighted by Gasteiger charge is -2.01. The Kier molecular flexibility index (Phi) is 3.34. The summed E-state index contributed by atoms with van der Waals surface area (Å²) >= 11 is 5.63. The smallest absolute Gasteiger partial charge is 0.400 e. The Morgan fingerprint density at radius 3 is 2.84 bits per heavy atom. The number of rotatable bonds is 4. The predicted octanol–water partition coefficient (Wildman–Crippen LogP) is 2.73. The molecule has 0 aliphatic carbocycles. The predicted molar refractivity (Wildman–Crippen MR) is 61.6 cm³/mol. The van der Waals surface area contributed by atoms with Gasteiger partial charge in [-0.3, -0.25) is 10.1 Å². The molecule has 1 heterocycles. The van der Waals surface area contributed by atoms with Gasteiger partial charge in [0.2, 0.25) is 5.75 Å². The van der Waals surface area contributed by atoms with Crippen LogP contribution >= 0.6 is 11.6 Å². The molecule has 1 aromatic heterocycles. The van der Waals surface area contributed by atoms with E-state index in [4.69, 9.17) is 25.9 Å². The summed E-state index contributed by atoms with van der Waals surface area (Å²) in [4.78, 5) is 24.2. The summed E-state index contributed by atoms with van der Waals surface area (Å²) in [5.41, 5.74) is -0.755. The summed E-state index contributed by atoms with van der Waals surface area (Å²) < 4.78 is 9.74. The highest BCUT2D eigenvalue weighted by Gasteiger charge is 2.19. The second kappa shape index (κ2) is 4.94. The fourth-order valence-corrected chi connectivity index (χ4v) is 1.38. The van der Waals surface area contributed by atoms with Gasteiger partial charge in [-0.25, -0.2) is 4.79 Å². The Bertz CT molecular complexity index is 653.